The number of fused-ring (bicyclic) bond motifs is 1. The monoisotopic (exact) mass is 248 g/mol. The second-order valence-corrected chi connectivity index (χ2v) is 4.42. The van der Waals surface area contributed by atoms with E-state index in [9.17, 15) is 0 Å². The molecule has 0 aromatic heterocycles. The van der Waals surface area contributed by atoms with E-state index in [0.29, 0.717) is 0 Å². The van der Waals surface area contributed by atoms with Crippen LogP contribution in [0.1, 0.15) is 37.5 Å². The predicted molar refractivity (Wildman–Crippen MR) is 79.2 cm³/mol. The highest BCUT2D eigenvalue weighted by molar-refractivity contribution is 6.36. The van der Waals surface area contributed by atoms with Gasteiger partial charge >= 0.3 is 0 Å². The van der Waals surface area contributed by atoms with Crippen molar-refractivity contribution >= 4 is 22.4 Å². The average molecular weight is 249 g/mol. The van der Waals surface area contributed by atoms with Crippen LogP contribution in [0.15, 0.2) is 24.3 Å². The van der Waals surface area contributed by atoms with Gasteiger partial charge in [-0.15, -0.1) is 0 Å². The Morgan fingerprint density at radius 3 is 1.94 bits per heavy atom. The van der Waals surface area contributed by atoms with Crippen LogP contribution in [0.2, 0.25) is 5.02 Å². The Hall–Kier alpha value is -1.01. The summed E-state index contributed by atoms with van der Waals surface area (Å²) in [4.78, 5) is 0. The minimum absolute atomic E-state index is 0.871. The van der Waals surface area contributed by atoms with Crippen molar-refractivity contribution in [3.8, 4) is 0 Å². The molecule has 2 rings (SSSR count). The largest absolute Gasteiger partial charge is 0.0837 e. The molecule has 2 aromatic carbocycles. The zero-order chi connectivity index (χ0) is 13.0. The lowest BCUT2D eigenvalue weighted by Crippen LogP contribution is -1.90. The van der Waals surface area contributed by atoms with Crippen LogP contribution >= 0.6 is 11.6 Å². The lowest BCUT2D eigenvalue weighted by molar-refractivity contribution is 1.16. The Kier molecular flexibility index (Phi) is 5.02. The first kappa shape index (κ1) is 14.1. The second kappa shape index (κ2) is 6.07. The third kappa shape index (κ3) is 2.63. The molecule has 0 saturated carbocycles. The van der Waals surface area contributed by atoms with Crippen molar-refractivity contribution in [3.63, 3.8) is 0 Å². The highest BCUT2D eigenvalue weighted by Gasteiger charge is 2.08. The van der Waals surface area contributed by atoms with E-state index >= 15 is 0 Å². The van der Waals surface area contributed by atoms with E-state index in [1.807, 2.05) is 19.9 Å². The lowest BCUT2D eigenvalue weighted by Gasteiger charge is -2.11. The van der Waals surface area contributed by atoms with E-state index in [2.05, 4.69) is 39.0 Å². The number of halogens is 1. The minimum Gasteiger partial charge on any atom is -0.0837 e. The van der Waals surface area contributed by atoms with Crippen LogP contribution in [0.25, 0.3) is 10.8 Å². The number of benzene rings is 2. The van der Waals surface area contributed by atoms with E-state index < -0.39 is 0 Å². The van der Waals surface area contributed by atoms with E-state index in [1.165, 1.54) is 27.5 Å². The van der Waals surface area contributed by atoms with Crippen LogP contribution in [-0.2, 0) is 6.42 Å². The summed E-state index contributed by atoms with van der Waals surface area (Å²) in [5.41, 5.74) is 3.95. The van der Waals surface area contributed by atoms with Crippen molar-refractivity contribution in [2.24, 2.45) is 0 Å². The Morgan fingerprint density at radius 1 is 0.882 bits per heavy atom. The SMILES string of the molecule is CC.CCc1ccc(C)c2c(C)ccc(Cl)c12. The molecule has 0 spiro atoms. The maximum Gasteiger partial charge on any atom is 0.0487 e. The van der Waals surface area contributed by atoms with Crippen molar-refractivity contribution in [2.45, 2.75) is 41.0 Å². The third-order valence-corrected chi connectivity index (χ3v) is 3.31. The van der Waals surface area contributed by atoms with E-state index in [4.69, 9.17) is 11.6 Å². The fourth-order valence-electron chi connectivity index (χ4n) is 2.19. The van der Waals surface area contributed by atoms with Gasteiger partial charge in [-0.25, -0.2) is 0 Å². The zero-order valence-corrected chi connectivity index (χ0v) is 12.2. The molecule has 0 amide bonds. The van der Waals surface area contributed by atoms with Gasteiger partial charge in [0.1, 0.15) is 0 Å². The summed E-state index contributed by atoms with van der Waals surface area (Å²) in [7, 11) is 0. The van der Waals surface area contributed by atoms with Crippen LogP contribution < -0.4 is 0 Å². The molecule has 0 radical (unpaired) electrons. The quantitative estimate of drug-likeness (QED) is 0.607. The molecule has 0 aliphatic heterocycles. The van der Waals surface area contributed by atoms with Crippen molar-refractivity contribution in [1.29, 1.82) is 0 Å². The topological polar surface area (TPSA) is 0 Å². The zero-order valence-electron chi connectivity index (χ0n) is 11.4. The lowest BCUT2D eigenvalue weighted by atomic mass is 9.95. The number of hydrogen-bond acceptors (Lipinski definition) is 0. The van der Waals surface area contributed by atoms with Crippen molar-refractivity contribution < 1.29 is 0 Å². The van der Waals surface area contributed by atoms with Crippen molar-refractivity contribution in [2.75, 3.05) is 0 Å². The standard InChI is InChI=1S/C14H15Cl.C2H6/c1-4-11-7-5-9(2)13-10(3)6-8-12(15)14(11)13;1-2/h5-8H,4H2,1-3H3;1-2H3. The van der Waals surface area contributed by atoms with Gasteiger partial charge in [0.05, 0.1) is 0 Å². The third-order valence-electron chi connectivity index (χ3n) is 2.99. The highest BCUT2D eigenvalue weighted by atomic mass is 35.5. The van der Waals surface area contributed by atoms with Crippen molar-refractivity contribution in [3.05, 3.63) is 46.0 Å². The molecule has 1 heteroatoms. The second-order valence-electron chi connectivity index (χ2n) is 4.01. The Balaban J connectivity index is 0.000000686. The number of rotatable bonds is 1. The van der Waals surface area contributed by atoms with Crippen LogP contribution in [0.4, 0.5) is 0 Å². The van der Waals surface area contributed by atoms with Crippen molar-refractivity contribution in [1.82, 2.24) is 0 Å². The molecule has 0 aliphatic rings. The maximum absolute atomic E-state index is 6.28. The summed E-state index contributed by atoms with van der Waals surface area (Å²) in [6.07, 6.45) is 1.03. The summed E-state index contributed by atoms with van der Waals surface area (Å²) in [6, 6.07) is 8.46. The van der Waals surface area contributed by atoms with Crippen LogP contribution in [0, 0.1) is 13.8 Å². The molecule has 0 aliphatic carbocycles. The Morgan fingerprint density at radius 2 is 1.41 bits per heavy atom. The minimum atomic E-state index is 0.871. The molecule has 0 N–H and O–H groups in total. The molecule has 0 nitrogen and oxygen atoms in total. The first-order valence-electron chi connectivity index (χ1n) is 6.32. The fraction of sp³-hybridized carbons (Fsp3) is 0.375. The molecule has 2 aromatic rings. The summed E-state index contributed by atoms with van der Waals surface area (Å²) >= 11 is 6.28. The predicted octanol–water partition coefficient (Wildman–Crippen LogP) is 5.70. The van der Waals surface area contributed by atoms with Gasteiger partial charge in [0, 0.05) is 10.4 Å². The van der Waals surface area contributed by atoms with Crippen LogP contribution in [0.3, 0.4) is 0 Å². The molecule has 17 heavy (non-hydrogen) atoms. The number of hydrogen-bond donors (Lipinski definition) is 0. The molecular weight excluding hydrogens is 228 g/mol. The molecule has 0 unspecified atom stereocenters. The van der Waals surface area contributed by atoms with Gasteiger partial charge in [-0.05, 0) is 48.4 Å². The summed E-state index contributed by atoms with van der Waals surface area (Å²) in [5.74, 6) is 0. The van der Waals surface area contributed by atoms with Crippen LogP contribution in [0.5, 0.6) is 0 Å². The fourth-order valence-corrected chi connectivity index (χ4v) is 2.47. The Bertz CT molecular complexity index is 504. The van der Waals surface area contributed by atoms with Gasteiger partial charge in [-0.1, -0.05) is 50.6 Å². The number of aryl methyl sites for hydroxylation is 3. The first-order chi connectivity index (χ1) is 8.15. The van der Waals surface area contributed by atoms with Crippen LogP contribution in [-0.4, -0.2) is 0 Å². The van der Waals surface area contributed by atoms with E-state index in [1.54, 1.807) is 0 Å². The van der Waals surface area contributed by atoms with Gasteiger partial charge in [0.15, 0.2) is 0 Å². The van der Waals surface area contributed by atoms with E-state index in [-0.39, 0.29) is 0 Å². The summed E-state index contributed by atoms with van der Waals surface area (Å²) < 4.78 is 0. The van der Waals surface area contributed by atoms with Gasteiger partial charge < -0.3 is 0 Å². The van der Waals surface area contributed by atoms with Gasteiger partial charge in [-0.3, -0.25) is 0 Å². The highest BCUT2D eigenvalue weighted by Crippen LogP contribution is 2.32. The van der Waals surface area contributed by atoms with Gasteiger partial charge in [-0.2, -0.15) is 0 Å². The molecule has 0 saturated heterocycles. The first-order valence-corrected chi connectivity index (χ1v) is 6.70. The normalized spacial score (nSPS) is 10.0. The maximum atomic E-state index is 6.28. The van der Waals surface area contributed by atoms with E-state index in [0.717, 1.165) is 11.4 Å². The van der Waals surface area contributed by atoms with Gasteiger partial charge in [0.2, 0.25) is 0 Å². The summed E-state index contributed by atoms with van der Waals surface area (Å²) in [5, 5.41) is 3.43. The summed E-state index contributed by atoms with van der Waals surface area (Å²) in [6.45, 7) is 10.5. The Labute approximate surface area is 110 Å². The smallest absolute Gasteiger partial charge is 0.0487 e. The van der Waals surface area contributed by atoms with Gasteiger partial charge in [0.25, 0.3) is 0 Å². The molecule has 0 heterocycles. The molecular formula is C16H21Cl. The average Bonchev–Trinajstić information content (AvgIpc) is 2.36. The molecule has 92 valence electrons. The molecule has 0 fully saturated rings. The molecule has 0 bridgehead atoms. The molecule has 0 atom stereocenters.